The molecule has 0 bridgehead atoms. The van der Waals surface area contributed by atoms with Crippen LogP contribution >= 0.6 is 0 Å². The normalized spacial score (nSPS) is 33.9. The quantitative estimate of drug-likeness (QED) is 0.550. The van der Waals surface area contributed by atoms with Crippen LogP contribution in [0, 0.1) is 5.92 Å². The monoisotopic (exact) mass is 142 g/mol. The van der Waals surface area contributed by atoms with Gasteiger partial charge < -0.3 is 9.47 Å². The third-order valence-corrected chi connectivity index (χ3v) is 2.17. The summed E-state index contributed by atoms with van der Waals surface area (Å²) in [5.74, 6) is 0.876. The van der Waals surface area contributed by atoms with Gasteiger partial charge in [0, 0.05) is 6.61 Å². The summed E-state index contributed by atoms with van der Waals surface area (Å²) in [5.41, 5.74) is 0. The molecule has 2 atom stereocenters. The van der Waals surface area contributed by atoms with Gasteiger partial charge in [-0.05, 0) is 25.7 Å². The molecule has 1 saturated carbocycles. The Hall–Kier alpha value is -0.0800. The highest BCUT2D eigenvalue weighted by Gasteiger charge is 2.31. The van der Waals surface area contributed by atoms with Gasteiger partial charge in [0.25, 0.3) is 0 Å². The fraction of sp³-hybridized carbons (Fsp3) is 1.00. The molecule has 0 N–H and O–H groups in total. The van der Waals surface area contributed by atoms with Crippen LogP contribution in [-0.2, 0) is 9.47 Å². The number of epoxide rings is 1. The van der Waals surface area contributed by atoms with Gasteiger partial charge in [0.05, 0.1) is 12.7 Å². The third-order valence-electron chi connectivity index (χ3n) is 2.17. The molecular weight excluding hydrogens is 128 g/mol. The summed E-state index contributed by atoms with van der Waals surface area (Å²) >= 11 is 0. The summed E-state index contributed by atoms with van der Waals surface area (Å²) in [6.07, 6.45) is 3.50. The summed E-state index contributed by atoms with van der Waals surface area (Å²) in [6.45, 7) is 3.97. The lowest BCUT2D eigenvalue weighted by Crippen LogP contribution is -2.16. The van der Waals surface area contributed by atoms with Gasteiger partial charge >= 0.3 is 0 Å². The Morgan fingerprint density at radius 3 is 2.80 bits per heavy atom. The van der Waals surface area contributed by atoms with E-state index in [4.69, 9.17) is 9.47 Å². The van der Waals surface area contributed by atoms with Crippen LogP contribution in [0.5, 0.6) is 0 Å². The predicted octanol–water partition coefficient (Wildman–Crippen LogP) is 1.20. The predicted molar refractivity (Wildman–Crippen MR) is 37.9 cm³/mol. The van der Waals surface area contributed by atoms with Crippen molar-refractivity contribution in [3.63, 3.8) is 0 Å². The Kier molecular flexibility index (Phi) is 1.66. The van der Waals surface area contributed by atoms with Gasteiger partial charge in [-0.1, -0.05) is 0 Å². The van der Waals surface area contributed by atoms with Crippen LogP contribution in [0.2, 0.25) is 0 Å². The molecule has 2 nitrogen and oxygen atoms in total. The van der Waals surface area contributed by atoms with Crippen molar-refractivity contribution in [1.29, 1.82) is 0 Å². The number of ether oxygens (including phenoxy) is 2. The van der Waals surface area contributed by atoms with Crippen molar-refractivity contribution >= 4 is 0 Å². The molecule has 0 amide bonds. The zero-order chi connectivity index (χ0) is 6.97. The molecule has 0 spiro atoms. The van der Waals surface area contributed by atoms with Gasteiger partial charge in [0.2, 0.25) is 0 Å². The van der Waals surface area contributed by atoms with Crippen molar-refractivity contribution in [1.82, 2.24) is 0 Å². The number of hydrogen-bond acceptors (Lipinski definition) is 2. The van der Waals surface area contributed by atoms with Crippen LogP contribution in [0.1, 0.15) is 19.8 Å². The maximum atomic E-state index is 5.56. The highest BCUT2D eigenvalue weighted by Crippen LogP contribution is 2.30. The molecule has 1 heterocycles. The van der Waals surface area contributed by atoms with Crippen molar-refractivity contribution in [2.45, 2.75) is 32.0 Å². The summed E-state index contributed by atoms with van der Waals surface area (Å²) in [6, 6.07) is 0. The van der Waals surface area contributed by atoms with Crippen molar-refractivity contribution in [2.24, 2.45) is 5.92 Å². The first-order chi connectivity index (χ1) is 4.86. The van der Waals surface area contributed by atoms with Crippen LogP contribution in [0.15, 0.2) is 0 Å². The molecule has 0 aromatic rings. The SMILES string of the molecule is C[C@H](OCC1CC1)[C@@H]1CO1. The molecule has 2 rings (SSSR count). The van der Waals surface area contributed by atoms with Gasteiger partial charge in [-0.15, -0.1) is 0 Å². The molecule has 0 aromatic carbocycles. The first-order valence-corrected chi connectivity index (χ1v) is 4.09. The molecule has 2 aliphatic rings. The molecule has 0 unspecified atom stereocenters. The van der Waals surface area contributed by atoms with Gasteiger partial charge in [-0.25, -0.2) is 0 Å². The highest BCUT2D eigenvalue weighted by atomic mass is 16.6. The fourth-order valence-corrected chi connectivity index (χ4v) is 1.01. The van der Waals surface area contributed by atoms with Crippen LogP contribution < -0.4 is 0 Å². The zero-order valence-electron chi connectivity index (χ0n) is 6.38. The second-order valence-electron chi connectivity index (χ2n) is 3.35. The van der Waals surface area contributed by atoms with Crippen LogP contribution in [0.3, 0.4) is 0 Å². The summed E-state index contributed by atoms with van der Waals surface area (Å²) in [5, 5.41) is 0. The number of rotatable bonds is 4. The molecule has 1 saturated heterocycles. The largest absolute Gasteiger partial charge is 0.375 e. The molecule has 2 fully saturated rings. The Morgan fingerprint density at radius 1 is 1.60 bits per heavy atom. The average molecular weight is 142 g/mol. The Morgan fingerprint density at radius 2 is 2.30 bits per heavy atom. The molecule has 10 heavy (non-hydrogen) atoms. The van der Waals surface area contributed by atoms with Crippen molar-refractivity contribution < 1.29 is 9.47 Å². The molecule has 58 valence electrons. The van der Waals surface area contributed by atoms with E-state index in [0.29, 0.717) is 12.2 Å². The maximum absolute atomic E-state index is 5.56. The van der Waals surface area contributed by atoms with E-state index in [1.165, 1.54) is 12.8 Å². The van der Waals surface area contributed by atoms with E-state index < -0.39 is 0 Å². The van der Waals surface area contributed by atoms with Crippen molar-refractivity contribution in [3.05, 3.63) is 0 Å². The number of hydrogen-bond donors (Lipinski definition) is 0. The first-order valence-electron chi connectivity index (χ1n) is 4.09. The second-order valence-corrected chi connectivity index (χ2v) is 3.35. The van der Waals surface area contributed by atoms with Crippen LogP contribution in [0.25, 0.3) is 0 Å². The minimum Gasteiger partial charge on any atom is -0.375 e. The van der Waals surface area contributed by atoms with Gasteiger partial charge in [0.1, 0.15) is 6.10 Å². The van der Waals surface area contributed by atoms with E-state index in [2.05, 4.69) is 6.92 Å². The van der Waals surface area contributed by atoms with Gasteiger partial charge in [-0.2, -0.15) is 0 Å². The second kappa shape index (κ2) is 2.51. The van der Waals surface area contributed by atoms with E-state index in [1.54, 1.807) is 0 Å². The fourth-order valence-electron chi connectivity index (χ4n) is 1.01. The average Bonchev–Trinajstić information content (AvgIpc) is 2.76. The lowest BCUT2D eigenvalue weighted by atomic mass is 10.3. The highest BCUT2D eigenvalue weighted by molar-refractivity contribution is 4.78. The summed E-state index contributed by atoms with van der Waals surface area (Å²) in [4.78, 5) is 0. The lowest BCUT2D eigenvalue weighted by Gasteiger charge is -2.08. The van der Waals surface area contributed by atoms with Gasteiger partial charge in [-0.3, -0.25) is 0 Å². The van der Waals surface area contributed by atoms with E-state index in [1.807, 2.05) is 0 Å². The van der Waals surface area contributed by atoms with E-state index in [-0.39, 0.29) is 0 Å². The molecular formula is C8H14O2. The standard InChI is InChI=1S/C8H14O2/c1-6(8-5-10-8)9-4-7-2-3-7/h6-8H,2-5H2,1H3/t6-,8-/m0/s1. The molecule has 1 aliphatic carbocycles. The Balaban J connectivity index is 1.58. The molecule has 0 aromatic heterocycles. The van der Waals surface area contributed by atoms with E-state index >= 15 is 0 Å². The molecule has 1 aliphatic heterocycles. The molecule has 2 heteroatoms. The van der Waals surface area contributed by atoms with Gasteiger partial charge in [0.15, 0.2) is 0 Å². The lowest BCUT2D eigenvalue weighted by molar-refractivity contribution is 0.0392. The summed E-state index contributed by atoms with van der Waals surface area (Å²) < 4.78 is 10.7. The topological polar surface area (TPSA) is 21.8 Å². The zero-order valence-corrected chi connectivity index (χ0v) is 6.38. The molecule has 0 radical (unpaired) electrons. The van der Waals surface area contributed by atoms with Crippen molar-refractivity contribution in [3.8, 4) is 0 Å². The van der Waals surface area contributed by atoms with Crippen LogP contribution in [0.4, 0.5) is 0 Å². The Bertz CT molecular complexity index is 116. The minimum atomic E-state index is 0.334. The van der Waals surface area contributed by atoms with Crippen LogP contribution in [-0.4, -0.2) is 25.4 Å². The minimum absolute atomic E-state index is 0.334. The van der Waals surface area contributed by atoms with E-state index in [0.717, 1.165) is 19.1 Å². The third kappa shape index (κ3) is 1.70. The first kappa shape index (κ1) is 6.62. The summed E-state index contributed by atoms with van der Waals surface area (Å²) in [7, 11) is 0. The smallest absolute Gasteiger partial charge is 0.107 e. The Labute approximate surface area is 61.5 Å². The van der Waals surface area contributed by atoms with Crippen molar-refractivity contribution in [2.75, 3.05) is 13.2 Å². The van der Waals surface area contributed by atoms with E-state index in [9.17, 15) is 0 Å². The maximum Gasteiger partial charge on any atom is 0.107 e.